The third-order valence-corrected chi connectivity index (χ3v) is 8.76. The summed E-state index contributed by atoms with van der Waals surface area (Å²) in [7, 11) is 0. The highest BCUT2D eigenvalue weighted by atomic mass is 35.5. The zero-order valence-corrected chi connectivity index (χ0v) is 24.4. The first-order chi connectivity index (χ1) is 20.1. The van der Waals surface area contributed by atoms with Gasteiger partial charge in [-0.3, -0.25) is 0 Å². The van der Waals surface area contributed by atoms with E-state index in [4.69, 9.17) is 32.5 Å². The van der Waals surface area contributed by atoms with Crippen molar-refractivity contribution in [2.24, 2.45) is 0 Å². The highest BCUT2D eigenvalue weighted by Crippen LogP contribution is 2.46. The Hall–Kier alpha value is -3.59. The number of carbonyl (C=O) groups is 1. The Morgan fingerprint density at radius 1 is 1.12 bits per heavy atom. The van der Waals surface area contributed by atoms with E-state index >= 15 is 0 Å². The Bertz CT molecular complexity index is 1640. The van der Waals surface area contributed by atoms with Crippen LogP contribution in [0.2, 0.25) is 10.0 Å². The van der Waals surface area contributed by atoms with Gasteiger partial charge in [0.05, 0.1) is 26.8 Å². The lowest BCUT2D eigenvalue weighted by molar-refractivity contribution is 0.0118. The molecule has 0 atom stereocenters. The van der Waals surface area contributed by atoms with Gasteiger partial charge in [0.1, 0.15) is 29.6 Å². The number of rotatable bonds is 8. The quantitative estimate of drug-likeness (QED) is 0.211. The number of halogens is 3. The Kier molecular flexibility index (Phi) is 7.64. The number of hydrogen-bond acceptors (Lipinski definition) is 6. The first-order valence-corrected chi connectivity index (χ1v) is 14.6. The van der Waals surface area contributed by atoms with E-state index < -0.39 is 17.4 Å². The lowest BCUT2D eigenvalue weighted by Crippen LogP contribution is -2.42. The molecule has 6 rings (SSSR count). The molecule has 10 heteroatoms. The van der Waals surface area contributed by atoms with Crippen LogP contribution in [0.3, 0.4) is 0 Å². The standard InChI is InChI=1S/C32H29Cl2FN2O5/c1-18-3-2-4-26(33)28(18)29-24(30(42-36-29)19-5-6-19)17-41-23-7-8-25(27(34)16-23)32(40)9-11-37(12-10-32)22-14-20(31(38)39)13-21(35)15-22/h2-4,7-8,13-16,19,40H,5-6,9-12,17H2,1H3,(H,38,39). The lowest BCUT2D eigenvalue weighted by Gasteiger charge is -2.40. The number of nitrogens with zero attached hydrogens (tertiary/aromatic N) is 2. The maximum atomic E-state index is 14.0. The number of benzene rings is 3. The molecule has 0 spiro atoms. The number of ether oxygens (including phenoxy) is 1. The molecule has 0 unspecified atom stereocenters. The van der Waals surface area contributed by atoms with Crippen molar-refractivity contribution in [3.05, 3.63) is 98.5 Å². The minimum atomic E-state index is -1.20. The Morgan fingerprint density at radius 3 is 2.55 bits per heavy atom. The fraction of sp³-hybridized carbons (Fsp3) is 0.312. The first-order valence-electron chi connectivity index (χ1n) is 13.8. The van der Waals surface area contributed by atoms with Crippen LogP contribution >= 0.6 is 23.2 Å². The summed E-state index contributed by atoms with van der Waals surface area (Å²) in [5, 5.41) is 26.1. The summed E-state index contributed by atoms with van der Waals surface area (Å²) >= 11 is 13.2. The number of aliphatic hydroxyl groups is 1. The van der Waals surface area contributed by atoms with Crippen molar-refractivity contribution in [3.63, 3.8) is 0 Å². The molecule has 1 saturated heterocycles. The molecule has 2 aliphatic rings. The van der Waals surface area contributed by atoms with Gasteiger partial charge < -0.3 is 24.4 Å². The minimum Gasteiger partial charge on any atom is -0.489 e. The van der Waals surface area contributed by atoms with Crippen LogP contribution in [0.15, 0.2) is 59.1 Å². The molecule has 42 heavy (non-hydrogen) atoms. The zero-order chi connectivity index (χ0) is 29.6. The van der Waals surface area contributed by atoms with E-state index in [0.29, 0.717) is 64.6 Å². The summed E-state index contributed by atoms with van der Waals surface area (Å²) in [6, 6.07) is 14.7. The normalized spacial score (nSPS) is 16.5. The minimum absolute atomic E-state index is 0.117. The smallest absolute Gasteiger partial charge is 0.335 e. The van der Waals surface area contributed by atoms with Gasteiger partial charge in [0, 0.05) is 35.8 Å². The third-order valence-electron chi connectivity index (χ3n) is 8.14. The van der Waals surface area contributed by atoms with Crippen molar-refractivity contribution in [2.75, 3.05) is 18.0 Å². The van der Waals surface area contributed by atoms with E-state index in [9.17, 15) is 19.4 Å². The maximum Gasteiger partial charge on any atom is 0.335 e. The van der Waals surface area contributed by atoms with Crippen LogP contribution in [0.25, 0.3) is 11.3 Å². The number of aromatic carboxylic acids is 1. The molecule has 1 saturated carbocycles. The van der Waals surface area contributed by atoms with Crippen LogP contribution in [0, 0.1) is 12.7 Å². The molecule has 0 amide bonds. The average Bonchev–Trinajstić information content (AvgIpc) is 3.71. The van der Waals surface area contributed by atoms with E-state index in [1.807, 2.05) is 30.0 Å². The maximum absolute atomic E-state index is 14.0. The second kappa shape index (κ2) is 11.2. The number of carboxylic acids is 1. The van der Waals surface area contributed by atoms with Crippen molar-refractivity contribution >= 4 is 34.9 Å². The molecule has 1 aromatic heterocycles. The fourth-order valence-electron chi connectivity index (χ4n) is 5.66. The Balaban J connectivity index is 1.18. The van der Waals surface area contributed by atoms with E-state index in [1.54, 1.807) is 18.2 Å². The highest BCUT2D eigenvalue weighted by Gasteiger charge is 2.37. The number of hydrogen-bond donors (Lipinski definition) is 2. The summed E-state index contributed by atoms with van der Waals surface area (Å²) in [6.45, 7) is 3.00. The van der Waals surface area contributed by atoms with Crippen LogP contribution in [0.5, 0.6) is 5.75 Å². The van der Waals surface area contributed by atoms with Crippen molar-refractivity contribution in [1.82, 2.24) is 5.16 Å². The number of aromatic nitrogens is 1. The van der Waals surface area contributed by atoms with Gasteiger partial charge in [-0.2, -0.15) is 0 Å². The zero-order valence-electron chi connectivity index (χ0n) is 22.9. The third kappa shape index (κ3) is 5.59. The van der Waals surface area contributed by atoms with E-state index in [0.717, 1.165) is 41.4 Å². The molecule has 2 fully saturated rings. The second-order valence-corrected chi connectivity index (χ2v) is 11.8. The summed E-state index contributed by atoms with van der Waals surface area (Å²) in [5.41, 5.74) is 3.10. The number of anilines is 1. The van der Waals surface area contributed by atoms with Crippen LogP contribution < -0.4 is 9.64 Å². The van der Waals surface area contributed by atoms with Gasteiger partial charge in [0.25, 0.3) is 0 Å². The molecule has 2 heterocycles. The van der Waals surface area contributed by atoms with Crippen molar-refractivity contribution in [2.45, 2.75) is 50.7 Å². The van der Waals surface area contributed by atoms with Crippen LogP contribution in [0.1, 0.15) is 64.4 Å². The molecular weight excluding hydrogens is 582 g/mol. The largest absolute Gasteiger partial charge is 0.489 e. The molecule has 3 aromatic carbocycles. The lowest BCUT2D eigenvalue weighted by atomic mass is 9.84. The van der Waals surface area contributed by atoms with E-state index in [1.165, 1.54) is 12.1 Å². The van der Waals surface area contributed by atoms with Gasteiger partial charge in [-0.25, -0.2) is 9.18 Å². The molecule has 7 nitrogen and oxygen atoms in total. The molecule has 1 aliphatic heterocycles. The van der Waals surface area contributed by atoms with E-state index in [2.05, 4.69) is 5.16 Å². The van der Waals surface area contributed by atoms with Gasteiger partial charge in [0.15, 0.2) is 0 Å². The molecule has 1 aliphatic carbocycles. The molecule has 2 N–H and O–H groups in total. The number of aryl methyl sites for hydroxylation is 1. The highest BCUT2D eigenvalue weighted by molar-refractivity contribution is 6.33. The van der Waals surface area contributed by atoms with Gasteiger partial charge >= 0.3 is 5.97 Å². The molecule has 0 radical (unpaired) electrons. The van der Waals surface area contributed by atoms with Crippen LogP contribution in [-0.2, 0) is 12.2 Å². The molecule has 0 bridgehead atoms. The number of carboxylic acid groups (broad SMARTS) is 1. The molecular formula is C32H29Cl2FN2O5. The monoisotopic (exact) mass is 610 g/mol. The molecule has 4 aromatic rings. The van der Waals surface area contributed by atoms with Gasteiger partial charge in [-0.15, -0.1) is 0 Å². The number of piperidine rings is 1. The summed E-state index contributed by atoms with van der Waals surface area (Å²) < 4.78 is 26.0. The van der Waals surface area contributed by atoms with Gasteiger partial charge in [-0.05, 0) is 74.6 Å². The SMILES string of the molecule is Cc1cccc(Cl)c1-c1noc(C2CC2)c1COc1ccc(C2(O)CCN(c3cc(F)cc(C(=O)O)c3)CC2)c(Cl)c1. The predicted octanol–water partition coefficient (Wildman–Crippen LogP) is 7.74. The fourth-order valence-corrected chi connectivity index (χ4v) is 6.32. The van der Waals surface area contributed by atoms with Crippen LogP contribution in [0.4, 0.5) is 10.1 Å². The van der Waals surface area contributed by atoms with Crippen molar-refractivity contribution in [1.29, 1.82) is 0 Å². The summed E-state index contributed by atoms with van der Waals surface area (Å²) in [5.74, 6) is -0.130. The van der Waals surface area contributed by atoms with Gasteiger partial charge in [0.2, 0.25) is 0 Å². The van der Waals surface area contributed by atoms with Gasteiger partial charge in [-0.1, -0.05) is 46.6 Å². The predicted molar refractivity (Wildman–Crippen MR) is 158 cm³/mol. The van der Waals surface area contributed by atoms with Crippen LogP contribution in [-0.4, -0.2) is 34.4 Å². The van der Waals surface area contributed by atoms with Crippen molar-refractivity contribution < 1.29 is 28.7 Å². The topological polar surface area (TPSA) is 96.0 Å². The first kappa shape index (κ1) is 28.5. The summed E-state index contributed by atoms with van der Waals surface area (Å²) in [4.78, 5) is 13.2. The Labute approximate surface area is 252 Å². The van der Waals surface area contributed by atoms with E-state index in [-0.39, 0.29) is 12.2 Å². The average molecular weight is 611 g/mol. The second-order valence-electron chi connectivity index (χ2n) is 11.0. The Morgan fingerprint density at radius 2 is 1.88 bits per heavy atom. The molecule has 218 valence electrons. The van der Waals surface area contributed by atoms with Crippen molar-refractivity contribution in [3.8, 4) is 17.0 Å². The summed E-state index contributed by atoms with van der Waals surface area (Å²) in [6.07, 6.45) is 2.74.